The van der Waals surface area contributed by atoms with E-state index < -0.39 is 5.97 Å². The molecule has 1 rings (SSSR count). The Morgan fingerprint density at radius 2 is 2.36 bits per heavy atom. The van der Waals surface area contributed by atoms with E-state index in [2.05, 4.69) is 15.5 Å². The maximum absolute atomic E-state index is 10.00. The number of hydrogen-bond donors (Lipinski definition) is 0. The molecule has 0 atom stereocenters. The van der Waals surface area contributed by atoms with E-state index in [-0.39, 0.29) is 57.8 Å². The Bertz CT molecular complexity index is 248. The van der Waals surface area contributed by atoms with Gasteiger partial charge in [0, 0.05) is 19.4 Å². The van der Waals surface area contributed by atoms with Crippen molar-refractivity contribution in [2.75, 3.05) is 0 Å². The molecule has 0 aliphatic carbocycles. The van der Waals surface area contributed by atoms with Crippen LogP contribution in [0.1, 0.15) is 5.82 Å². The standard InChI is InChI=1S/C4H6N4O2.K/c1-8-3(2-4(9)10)5-6-7-8;/h2H2,1H3,(H,9,10);/q;+1/p-1. The van der Waals surface area contributed by atoms with Gasteiger partial charge in [-0.2, -0.15) is 0 Å². The van der Waals surface area contributed by atoms with Crippen molar-refractivity contribution in [3.05, 3.63) is 5.82 Å². The molecule has 0 amide bonds. The van der Waals surface area contributed by atoms with Crippen molar-refractivity contribution >= 4 is 5.97 Å². The first-order chi connectivity index (χ1) is 4.70. The number of carboxylic acids is 1. The van der Waals surface area contributed by atoms with Crippen molar-refractivity contribution in [3.8, 4) is 0 Å². The summed E-state index contributed by atoms with van der Waals surface area (Å²) >= 11 is 0. The van der Waals surface area contributed by atoms with Crippen LogP contribution in [0.2, 0.25) is 0 Å². The summed E-state index contributed by atoms with van der Waals surface area (Å²) in [5.74, 6) is -0.891. The van der Waals surface area contributed by atoms with Gasteiger partial charge in [0.15, 0.2) is 5.82 Å². The maximum atomic E-state index is 10.00. The van der Waals surface area contributed by atoms with Gasteiger partial charge in [0.05, 0.1) is 0 Å². The molecular formula is C4H5KN4O2. The molecule has 0 N–H and O–H groups in total. The minimum Gasteiger partial charge on any atom is -0.550 e. The summed E-state index contributed by atoms with van der Waals surface area (Å²) < 4.78 is 1.29. The number of nitrogens with zero attached hydrogens (tertiary/aromatic N) is 4. The Kier molecular flexibility index (Phi) is 5.01. The molecule has 0 saturated heterocycles. The zero-order valence-electron chi connectivity index (χ0n) is 6.31. The number of aryl methyl sites for hydroxylation is 1. The molecule has 0 spiro atoms. The molecule has 1 aromatic rings. The number of carbonyl (C=O) groups excluding carboxylic acids is 1. The van der Waals surface area contributed by atoms with Gasteiger partial charge in [0.1, 0.15) is 0 Å². The Hall–Kier alpha value is 0.176. The summed E-state index contributed by atoms with van der Waals surface area (Å²) in [6, 6.07) is 0. The zero-order valence-corrected chi connectivity index (χ0v) is 9.44. The van der Waals surface area contributed by atoms with Gasteiger partial charge in [0.25, 0.3) is 0 Å². The molecule has 1 heterocycles. The molecule has 0 fully saturated rings. The predicted octanol–water partition coefficient (Wildman–Crippen LogP) is -5.49. The Morgan fingerprint density at radius 3 is 2.73 bits per heavy atom. The molecule has 11 heavy (non-hydrogen) atoms. The van der Waals surface area contributed by atoms with Crippen molar-refractivity contribution < 1.29 is 61.3 Å². The molecule has 0 aliphatic heterocycles. The van der Waals surface area contributed by atoms with Crippen LogP contribution in [0.3, 0.4) is 0 Å². The van der Waals surface area contributed by atoms with Crippen LogP contribution >= 0.6 is 0 Å². The van der Waals surface area contributed by atoms with Gasteiger partial charge < -0.3 is 9.90 Å². The van der Waals surface area contributed by atoms with Gasteiger partial charge in [-0.05, 0) is 10.4 Å². The molecule has 1 aromatic heterocycles. The van der Waals surface area contributed by atoms with Crippen LogP contribution in [-0.2, 0) is 18.3 Å². The van der Waals surface area contributed by atoms with Gasteiger partial charge in [-0.25, -0.2) is 4.68 Å². The molecule has 54 valence electrons. The number of carbonyl (C=O) groups is 1. The van der Waals surface area contributed by atoms with Crippen molar-refractivity contribution in [2.45, 2.75) is 6.42 Å². The molecule has 0 unspecified atom stereocenters. The van der Waals surface area contributed by atoms with Gasteiger partial charge in [-0.3, -0.25) is 0 Å². The zero-order chi connectivity index (χ0) is 7.56. The summed E-state index contributed by atoms with van der Waals surface area (Å²) in [6.07, 6.45) is -0.247. The van der Waals surface area contributed by atoms with Gasteiger partial charge in [0.2, 0.25) is 0 Å². The normalized spacial score (nSPS) is 8.82. The molecule has 0 aliphatic rings. The third-order valence-electron chi connectivity index (χ3n) is 1.01. The Labute approximate surface area is 105 Å². The van der Waals surface area contributed by atoms with E-state index in [0.717, 1.165) is 0 Å². The van der Waals surface area contributed by atoms with Crippen LogP contribution in [0.25, 0.3) is 0 Å². The molecule has 0 radical (unpaired) electrons. The minimum atomic E-state index is -1.18. The fraction of sp³-hybridized carbons (Fsp3) is 0.500. The van der Waals surface area contributed by atoms with Crippen LogP contribution in [0, 0.1) is 0 Å². The first-order valence-corrected chi connectivity index (χ1v) is 2.61. The van der Waals surface area contributed by atoms with Crippen molar-refractivity contribution in [2.24, 2.45) is 7.05 Å². The first-order valence-electron chi connectivity index (χ1n) is 2.61. The van der Waals surface area contributed by atoms with E-state index in [9.17, 15) is 9.90 Å². The number of aliphatic carboxylic acids is 1. The van der Waals surface area contributed by atoms with E-state index in [0.29, 0.717) is 5.82 Å². The number of hydrogen-bond acceptors (Lipinski definition) is 5. The average Bonchev–Trinajstić information content (AvgIpc) is 2.15. The Morgan fingerprint density at radius 1 is 1.73 bits per heavy atom. The van der Waals surface area contributed by atoms with Crippen LogP contribution in [0.4, 0.5) is 0 Å². The first kappa shape index (κ1) is 11.2. The average molecular weight is 180 g/mol. The predicted molar refractivity (Wildman–Crippen MR) is 27.5 cm³/mol. The molecule has 6 nitrogen and oxygen atoms in total. The second-order valence-corrected chi connectivity index (χ2v) is 1.77. The minimum absolute atomic E-state index is 0. The second-order valence-electron chi connectivity index (χ2n) is 1.77. The summed E-state index contributed by atoms with van der Waals surface area (Å²) in [4.78, 5) is 10.00. The number of carboxylic acid groups (broad SMARTS) is 1. The summed E-state index contributed by atoms with van der Waals surface area (Å²) in [7, 11) is 1.57. The monoisotopic (exact) mass is 180 g/mol. The molecule has 0 bridgehead atoms. The van der Waals surface area contributed by atoms with Crippen LogP contribution in [0.5, 0.6) is 0 Å². The molecule has 7 heteroatoms. The van der Waals surface area contributed by atoms with Gasteiger partial charge >= 0.3 is 51.4 Å². The quantitative estimate of drug-likeness (QED) is 0.424. The van der Waals surface area contributed by atoms with E-state index in [4.69, 9.17) is 0 Å². The maximum Gasteiger partial charge on any atom is 1.00 e. The summed E-state index contributed by atoms with van der Waals surface area (Å²) in [5.41, 5.74) is 0. The molecule has 0 saturated carbocycles. The third-order valence-corrected chi connectivity index (χ3v) is 1.01. The fourth-order valence-corrected chi connectivity index (χ4v) is 0.527. The van der Waals surface area contributed by atoms with E-state index in [1.54, 1.807) is 7.05 Å². The topological polar surface area (TPSA) is 83.7 Å². The van der Waals surface area contributed by atoms with Gasteiger partial charge in [-0.1, -0.05) is 0 Å². The number of rotatable bonds is 2. The SMILES string of the molecule is Cn1nnnc1CC(=O)[O-].[K+]. The smallest absolute Gasteiger partial charge is 0.550 e. The number of tetrazole rings is 1. The van der Waals surface area contributed by atoms with Crippen molar-refractivity contribution in [3.63, 3.8) is 0 Å². The Balaban J connectivity index is 0.000001000. The van der Waals surface area contributed by atoms with Crippen LogP contribution in [0.15, 0.2) is 0 Å². The van der Waals surface area contributed by atoms with Crippen molar-refractivity contribution in [1.82, 2.24) is 20.2 Å². The van der Waals surface area contributed by atoms with E-state index >= 15 is 0 Å². The summed E-state index contributed by atoms with van der Waals surface area (Å²) in [5, 5.41) is 20.1. The number of aromatic nitrogens is 4. The van der Waals surface area contributed by atoms with E-state index in [1.165, 1.54) is 4.68 Å². The molecule has 0 aromatic carbocycles. The molecular weight excluding hydrogens is 175 g/mol. The fourth-order valence-electron chi connectivity index (χ4n) is 0.527. The van der Waals surface area contributed by atoms with Crippen molar-refractivity contribution in [1.29, 1.82) is 0 Å². The van der Waals surface area contributed by atoms with E-state index in [1.807, 2.05) is 0 Å². The summed E-state index contributed by atoms with van der Waals surface area (Å²) in [6.45, 7) is 0. The van der Waals surface area contributed by atoms with Crippen LogP contribution < -0.4 is 56.5 Å². The largest absolute Gasteiger partial charge is 1.00 e. The second kappa shape index (κ2) is 4.94. The van der Waals surface area contributed by atoms with Crippen LogP contribution in [-0.4, -0.2) is 26.2 Å². The third kappa shape index (κ3) is 3.39. The van der Waals surface area contributed by atoms with Gasteiger partial charge in [-0.15, -0.1) is 5.10 Å².